The Balaban J connectivity index is 1.62. The van der Waals surface area contributed by atoms with Crippen LogP contribution < -0.4 is 5.01 Å². The van der Waals surface area contributed by atoms with E-state index in [-0.39, 0.29) is 43.0 Å². The Kier molecular flexibility index (Phi) is 6.21. The van der Waals surface area contributed by atoms with E-state index in [2.05, 4.69) is 12.0 Å². The molecular weight excluding hydrogens is 346 g/mol. The summed E-state index contributed by atoms with van der Waals surface area (Å²) in [4.78, 5) is 38.7. The van der Waals surface area contributed by atoms with Gasteiger partial charge in [-0.05, 0) is 37.8 Å². The van der Waals surface area contributed by atoms with E-state index in [1.54, 1.807) is 24.3 Å². The summed E-state index contributed by atoms with van der Waals surface area (Å²) in [5.41, 5.74) is 0.764. The van der Waals surface area contributed by atoms with Crippen molar-refractivity contribution >= 4 is 29.2 Å². The van der Waals surface area contributed by atoms with Gasteiger partial charge >= 0.3 is 5.97 Å². The van der Waals surface area contributed by atoms with Crippen molar-refractivity contribution in [3.05, 3.63) is 30.3 Å². The molecule has 2 aliphatic rings. The van der Waals surface area contributed by atoms with E-state index in [1.165, 1.54) is 5.01 Å². The summed E-state index contributed by atoms with van der Waals surface area (Å²) in [5.74, 6) is -0.975. The summed E-state index contributed by atoms with van der Waals surface area (Å²) in [5, 5.41) is 5.38. The molecule has 2 amide bonds. The van der Waals surface area contributed by atoms with Crippen LogP contribution in [0.1, 0.15) is 45.4 Å². The Bertz CT molecular complexity index is 732. The summed E-state index contributed by atoms with van der Waals surface area (Å²) in [7, 11) is 0. The van der Waals surface area contributed by atoms with E-state index in [4.69, 9.17) is 4.74 Å². The first-order chi connectivity index (χ1) is 13.1. The number of anilines is 1. The number of hydrogen-bond donors (Lipinski definition) is 0. The maximum absolute atomic E-state index is 12.4. The van der Waals surface area contributed by atoms with Gasteiger partial charge in [0.2, 0.25) is 5.91 Å². The highest BCUT2D eigenvalue weighted by atomic mass is 16.5. The van der Waals surface area contributed by atoms with E-state index in [1.807, 2.05) is 11.0 Å². The highest BCUT2D eigenvalue weighted by Gasteiger charge is 2.29. The zero-order chi connectivity index (χ0) is 19.2. The highest BCUT2D eigenvalue weighted by molar-refractivity contribution is 6.38. The molecule has 0 spiro atoms. The van der Waals surface area contributed by atoms with Crippen LogP contribution in [0.25, 0.3) is 0 Å². The fraction of sp³-hybridized carbons (Fsp3) is 0.500. The molecule has 0 N–H and O–H groups in total. The SMILES string of the molecule is CCC1CCCCN1C(=O)COC(=O)C1=NN(c2ccccc2)C(=O)CC1. The normalized spacial score (nSPS) is 20.3. The quantitative estimate of drug-likeness (QED) is 0.745. The number of hydrogen-bond acceptors (Lipinski definition) is 5. The number of likely N-dealkylation sites (tertiary alicyclic amines) is 1. The first-order valence-electron chi connectivity index (χ1n) is 9.52. The van der Waals surface area contributed by atoms with Gasteiger partial charge in [0, 0.05) is 25.4 Å². The van der Waals surface area contributed by atoms with E-state index in [0.29, 0.717) is 12.2 Å². The number of benzene rings is 1. The van der Waals surface area contributed by atoms with Gasteiger partial charge in [0.05, 0.1) is 5.69 Å². The first-order valence-corrected chi connectivity index (χ1v) is 9.52. The largest absolute Gasteiger partial charge is 0.451 e. The van der Waals surface area contributed by atoms with Crippen molar-refractivity contribution in [1.29, 1.82) is 0 Å². The third kappa shape index (κ3) is 4.53. The number of hydrazone groups is 1. The maximum Gasteiger partial charge on any atom is 0.355 e. The minimum Gasteiger partial charge on any atom is -0.451 e. The van der Waals surface area contributed by atoms with Crippen LogP contribution in [0.4, 0.5) is 5.69 Å². The highest BCUT2D eigenvalue weighted by Crippen LogP contribution is 2.21. The number of carbonyl (C=O) groups excluding carboxylic acids is 3. The number of esters is 1. The molecule has 144 valence electrons. The summed E-state index contributed by atoms with van der Waals surface area (Å²) < 4.78 is 5.21. The standard InChI is InChI=1S/C20H25N3O4/c1-2-15-8-6-7-13-22(15)19(25)14-27-20(26)17-11-12-18(24)23(21-17)16-9-4-3-5-10-16/h3-5,9-10,15H,2,6-8,11-14H2,1H3. The lowest BCUT2D eigenvalue weighted by atomic mass is 10.00. The topological polar surface area (TPSA) is 79.3 Å². The van der Waals surface area contributed by atoms with Crippen LogP contribution in [0.3, 0.4) is 0 Å². The Morgan fingerprint density at radius 3 is 2.70 bits per heavy atom. The van der Waals surface area contributed by atoms with Crippen molar-refractivity contribution in [3.63, 3.8) is 0 Å². The fourth-order valence-electron chi connectivity index (χ4n) is 3.52. The molecule has 1 unspecified atom stereocenters. The molecule has 1 aromatic rings. The van der Waals surface area contributed by atoms with Gasteiger partial charge in [0.25, 0.3) is 5.91 Å². The second-order valence-corrected chi connectivity index (χ2v) is 6.81. The number of piperidine rings is 1. The van der Waals surface area contributed by atoms with Crippen molar-refractivity contribution in [2.75, 3.05) is 18.2 Å². The zero-order valence-corrected chi connectivity index (χ0v) is 15.6. The van der Waals surface area contributed by atoms with Crippen LogP contribution in [0.15, 0.2) is 35.4 Å². The van der Waals surface area contributed by atoms with E-state index in [9.17, 15) is 14.4 Å². The second-order valence-electron chi connectivity index (χ2n) is 6.81. The predicted octanol–water partition coefficient (Wildman–Crippen LogP) is 2.50. The van der Waals surface area contributed by atoms with Crippen LogP contribution in [0.5, 0.6) is 0 Å². The number of ether oxygens (including phenoxy) is 1. The third-order valence-corrected chi connectivity index (χ3v) is 5.01. The molecule has 0 bridgehead atoms. The van der Waals surface area contributed by atoms with Crippen LogP contribution in [-0.2, 0) is 19.1 Å². The number of carbonyl (C=O) groups is 3. The predicted molar refractivity (Wildman–Crippen MR) is 101 cm³/mol. The Morgan fingerprint density at radius 1 is 1.19 bits per heavy atom. The molecule has 1 aromatic carbocycles. The summed E-state index contributed by atoms with van der Waals surface area (Å²) in [6.07, 6.45) is 4.41. The van der Waals surface area contributed by atoms with Crippen LogP contribution in [0.2, 0.25) is 0 Å². The number of nitrogens with zero attached hydrogens (tertiary/aromatic N) is 3. The summed E-state index contributed by atoms with van der Waals surface area (Å²) in [6, 6.07) is 9.16. The van der Waals surface area contributed by atoms with E-state index >= 15 is 0 Å². The van der Waals surface area contributed by atoms with E-state index < -0.39 is 5.97 Å². The summed E-state index contributed by atoms with van der Waals surface area (Å²) >= 11 is 0. The molecule has 0 saturated carbocycles. The molecule has 1 atom stereocenters. The molecule has 1 fully saturated rings. The number of amides is 2. The van der Waals surface area contributed by atoms with Crippen LogP contribution in [0, 0.1) is 0 Å². The van der Waals surface area contributed by atoms with Crippen LogP contribution in [-0.4, -0.2) is 47.6 Å². The van der Waals surface area contributed by atoms with E-state index in [0.717, 1.165) is 25.7 Å². The van der Waals surface area contributed by atoms with Crippen LogP contribution >= 0.6 is 0 Å². The van der Waals surface area contributed by atoms with Crippen molar-refractivity contribution in [2.24, 2.45) is 5.10 Å². The molecule has 27 heavy (non-hydrogen) atoms. The molecule has 7 nitrogen and oxygen atoms in total. The number of rotatable bonds is 5. The average Bonchev–Trinajstić information content (AvgIpc) is 2.72. The van der Waals surface area contributed by atoms with Gasteiger partial charge in [0.15, 0.2) is 6.61 Å². The lowest BCUT2D eigenvalue weighted by molar-refractivity contribution is -0.149. The van der Waals surface area contributed by atoms with Crippen molar-refractivity contribution in [2.45, 2.75) is 51.5 Å². The first kappa shape index (κ1) is 19.1. The Hall–Kier alpha value is -2.70. The minimum absolute atomic E-state index is 0.164. The molecule has 7 heteroatoms. The molecular formula is C20H25N3O4. The maximum atomic E-state index is 12.4. The van der Waals surface area contributed by atoms with Gasteiger partial charge in [-0.2, -0.15) is 5.10 Å². The monoisotopic (exact) mass is 371 g/mol. The lowest BCUT2D eigenvalue weighted by Gasteiger charge is -2.35. The molecule has 0 radical (unpaired) electrons. The number of para-hydroxylation sites is 1. The van der Waals surface area contributed by atoms with Gasteiger partial charge in [-0.3, -0.25) is 9.59 Å². The molecule has 1 saturated heterocycles. The Morgan fingerprint density at radius 2 is 1.96 bits per heavy atom. The molecule has 3 rings (SSSR count). The smallest absolute Gasteiger partial charge is 0.355 e. The van der Waals surface area contributed by atoms with Gasteiger partial charge < -0.3 is 9.64 Å². The second kappa shape index (κ2) is 8.79. The van der Waals surface area contributed by atoms with Crippen molar-refractivity contribution in [1.82, 2.24) is 4.90 Å². The fourth-order valence-corrected chi connectivity index (χ4v) is 3.52. The molecule has 0 aliphatic carbocycles. The molecule has 2 heterocycles. The lowest BCUT2D eigenvalue weighted by Crippen LogP contribution is -2.45. The summed E-state index contributed by atoms with van der Waals surface area (Å²) in [6.45, 7) is 2.49. The van der Waals surface area contributed by atoms with Gasteiger partial charge in [-0.15, -0.1) is 0 Å². The molecule has 0 aromatic heterocycles. The third-order valence-electron chi connectivity index (χ3n) is 5.01. The average molecular weight is 371 g/mol. The Labute approximate surface area is 159 Å². The molecule has 2 aliphatic heterocycles. The van der Waals surface area contributed by atoms with Crippen molar-refractivity contribution < 1.29 is 19.1 Å². The van der Waals surface area contributed by atoms with Gasteiger partial charge in [-0.25, -0.2) is 9.80 Å². The minimum atomic E-state index is -0.637. The van der Waals surface area contributed by atoms with Crippen molar-refractivity contribution in [3.8, 4) is 0 Å². The van der Waals surface area contributed by atoms with Gasteiger partial charge in [0.1, 0.15) is 5.71 Å². The zero-order valence-electron chi connectivity index (χ0n) is 15.6. The van der Waals surface area contributed by atoms with Gasteiger partial charge in [-0.1, -0.05) is 25.1 Å².